The van der Waals surface area contributed by atoms with Gasteiger partial charge in [0, 0.05) is 33.7 Å². The zero-order valence-electron chi connectivity index (χ0n) is 18.7. The van der Waals surface area contributed by atoms with Crippen LogP contribution in [0.4, 0.5) is 5.69 Å². The van der Waals surface area contributed by atoms with Gasteiger partial charge in [0.05, 0.1) is 10.6 Å². The minimum Gasteiger partial charge on any atom is -0.458 e. The van der Waals surface area contributed by atoms with Gasteiger partial charge < -0.3 is 4.74 Å². The summed E-state index contributed by atoms with van der Waals surface area (Å²) in [4.78, 5) is 29.2. The smallest absolute Gasteiger partial charge is 0.331 e. The lowest BCUT2D eigenvalue weighted by Gasteiger charge is -2.23. The standard InChI is InChI=1S/C26H25BrN2O4/c1-26(2,3)33-25(30)22(16-20-14-15-21(27)17-23(20)29(31)32)28-24(18-10-6-4-7-11-18)19-12-8-5-9-13-19/h4-15,17,22H,16H2,1-3H3. The van der Waals surface area contributed by atoms with Crippen molar-refractivity contribution in [1.82, 2.24) is 0 Å². The number of nitro groups is 1. The van der Waals surface area contributed by atoms with E-state index >= 15 is 0 Å². The van der Waals surface area contributed by atoms with Crippen LogP contribution in [-0.4, -0.2) is 28.2 Å². The van der Waals surface area contributed by atoms with Crippen LogP contribution in [0.5, 0.6) is 0 Å². The summed E-state index contributed by atoms with van der Waals surface area (Å²) in [5.74, 6) is -0.538. The quantitative estimate of drug-likeness (QED) is 0.166. The van der Waals surface area contributed by atoms with Gasteiger partial charge in [-0.1, -0.05) is 82.7 Å². The molecule has 170 valence electrons. The van der Waals surface area contributed by atoms with Crippen molar-refractivity contribution in [2.75, 3.05) is 0 Å². The fraction of sp³-hybridized carbons (Fsp3) is 0.231. The summed E-state index contributed by atoms with van der Waals surface area (Å²) in [7, 11) is 0. The van der Waals surface area contributed by atoms with Crippen LogP contribution in [0.25, 0.3) is 0 Å². The number of carbonyl (C=O) groups excluding carboxylic acids is 1. The number of halogens is 1. The number of hydrogen-bond acceptors (Lipinski definition) is 5. The van der Waals surface area contributed by atoms with E-state index in [0.29, 0.717) is 15.7 Å². The van der Waals surface area contributed by atoms with Crippen LogP contribution in [0.15, 0.2) is 88.3 Å². The molecule has 0 aromatic heterocycles. The molecule has 0 heterocycles. The Morgan fingerprint density at radius 1 is 1.00 bits per heavy atom. The summed E-state index contributed by atoms with van der Waals surface area (Å²) in [5, 5.41) is 11.7. The summed E-state index contributed by atoms with van der Waals surface area (Å²) < 4.78 is 6.23. The average Bonchev–Trinajstić information content (AvgIpc) is 2.77. The first kappa shape index (κ1) is 24.3. The molecule has 6 nitrogen and oxygen atoms in total. The molecule has 3 aromatic carbocycles. The molecule has 0 spiro atoms. The molecule has 0 bridgehead atoms. The first-order valence-electron chi connectivity index (χ1n) is 10.5. The molecule has 1 atom stereocenters. The molecule has 1 unspecified atom stereocenters. The van der Waals surface area contributed by atoms with Gasteiger partial charge in [-0.15, -0.1) is 0 Å². The Kier molecular flexibility index (Phi) is 7.76. The van der Waals surface area contributed by atoms with E-state index in [1.54, 1.807) is 32.9 Å². The van der Waals surface area contributed by atoms with Gasteiger partial charge in [-0.2, -0.15) is 0 Å². The van der Waals surface area contributed by atoms with Crippen LogP contribution in [-0.2, 0) is 16.0 Å². The molecule has 0 aliphatic rings. The number of benzene rings is 3. The Bertz CT molecular complexity index is 1110. The first-order chi connectivity index (χ1) is 15.6. The van der Waals surface area contributed by atoms with E-state index in [2.05, 4.69) is 15.9 Å². The maximum absolute atomic E-state index is 13.2. The van der Waals surface area contributed by atoms with Gasteiger partial charge in [0.1, 0.15) is 5.60 Å². The lowest BCUT2D eigenvalue weighted by Crippen LogP contribution is -2.33. The zero-order valence-corrected chi connectivity index (χ0v) is 20.3. The summed E-state index contributed by atoms with van der Waals surface area (Å²) in [6.45, 7) is 5.34. The second kappa shape index (κ2) is 10.5. The minimum absolute atomic E-state index is 0.0294. The van der Waals surface area contributed by atoms with E-state index in [0.717, 1.165) is 11.1 Å². The summed E-state index contributed by atoms with van der Waals surface area (Å²) in [6, 6.07) is 22.9. The van der Waals surface area contributed by atoms with Crippen molar-refractivity contribution < 1.29 is 14.5 Å². The van der Waals surface area contributed by atoms with Gasteiger partial charge in [-0.05, 0) is 26.8 Å². The third-order valence-corrected chi connectivity index (χ3v) is 5.21. The highest BCUT2D eigenvalue weighted by Gasteiger charge is 2.28. The molecule has 3 aromatic rings. The van der Waals surface area contributed by atoms with Crippen molar-refractivity contribution in [1.29, 1.82) is 0 Å². The van der Waals surface area contributed by atoms with Crippen LogP contribution < -0.4 is 0 Å². The third-order valence-electron chi connectivity index (χ3n) is 4.72. The number of nitro benzene ring substituents is 1. The molecule has 0 radical (unpaired) electrons. The second-order valence-electron chi connectivity index (χ2n) is 8.49. The Morgan fingerprint density at radius 3 is 2.03 bits per heavy atom. The van der Waals surface area contributed by atoms with Crippen molar-refractivity contribution in [2.24, 2.45) is 4.99 Å². The number of carbonyl (C=O) groups is 1. The Labute approximate surface area is 201 Å². The fourth-order valence-corrected chi connectivity index (χ4v) is 3.65. The van der Waals surface area contributed by atoms with Crippen LogP contribution >= 0.6 is 15.9 Å². The van der Waals surface area contributed by atoms with Crippen molar-refractivity contribution >= 4 is 33.3 Å². The molecule has 0 saturated heterocycles. The summed E-state index contributed by atoms with van der Waals surface area (Å²) >= 11 is 3.28. The number of hydrogen-bond donors (Lipinski definition) is 0. The molecule has 0 saturated carbocycles. The fourth-order valence-electron chi connectivity index (χ4n) is 3.30. The molecule has 0 N–H and O–H groups in total. The van der Waals surface area contributed by atoms with Gasteiger partial charge in [-0.3, -0.25) is 15.1 Å². The zero-order chi connectivity index (χ0) is 24.0. The van der Waals surface area contributed by atoms with Crippen LogP contribution in [0, 0.1) is 10.1 Å². The third kappa shape index (κ3) is 6.83. The molecule has 7 heteroatoms. The number of esters is 1. The van der Waals surface area contributed by atoms with Gasteiger partial charge in [0.25, 0.3) is 5.69 Å². The van der Waals surface area contributed by atoms with E-state index in [1.807, 2.05) is 60.7 Å². The van der Waals surface area contributed by atoms with Crippen molar-refractivity contribution in [3.8, 4) is 0 Å². The molecule has 3 rings (SSSR count). The normalized spacial score (nSPS) is 12.0. The first-order valence-corrected chi connectivity index (χ1v) is 11.3. The number of ether oxygens (including phenoxy) is 1. The molecule has 0 amide bonds. The van der Waals surface area contributed by atoms with Gasteiger partial charge >= 0.3 is 5.97 Å². The summed E-state index contributed by atoms with van der Waals surface area (Å²) in [6.07, 6.45) is 0.0294. The van der Waals surface area contributed by atoms with Crippen molar-refractivity contribution in [2.45, 2.75) is 38.8 Å². The second-order valence-corrected chi connectivity index (χ2v) is 9.41. The molecule has 0 aliphatic heterocycles. The van der Waals surface area contributed by atoms with E-state index in [4.69, 9.17) is 9.73 Å². The van der Waals surface area contributed by atoms with Crippen molar-refractivity contribution in [3.05, 3.63) is 110 Å². The summed E-state index contributed by atoms with van der Waals surface area (Å²) in [5.41, 5.74) is 1.89. The van der Waals surface area contributed by atoms with Crippen LogP contribution in [0.1, 0.15) is 37.5 Å². The average molecular weight is 509 g/mol. The molecule has 0 fully saturated rings. The van der Waals surface area contributed by atoms with Gasteiger partial charge in [0.2, 0.25) is 0 Å². The maximum atomic E-state index is 13.2. The number of aliphatic imine (C=N–C) groups is 1. The van der Waals surface area contributed by atoms with E-state index in [1.165, 1.54) is 6.07 Å². The highest BCUT2D eigenvalue weighted by atomic mass is 79.9. The Morgan fingerprint density at radius 2 is 1.55 bits per heavy atom. The Hall–Kier alpha value is -3.32. The number of nitrogens with zero attached hydrogens (tertiary/aromatic N) is 2. The predicted octanol–water partition coefficient (Wildman–Crippen LogP) is 6.15. The van der Waals surface area contributed by atoms with E-state index in [9.17, 15) is 14.9 Å². The molecular formula is C26H25BrN2O4. The van der Waals surface area contributed by atoms with Crippen LogP contribution in [0.3, 0.4) is 0 Å². The van der Waals surface area contributed by atoms with Crippen LogP contribution in [0.2, 0.25) is 0 Å². The van der Waals surface area contributed by atoms with E-state index < -0.39 is 22.5 Å². The van der Waals surface area contributed by atoms with E-state index in [-0.39, 0.29) is 12.1 Å². The number of rotatable bonds is 7. The maximum Gasteiger partial charge on any atom is 0.331 e. The molecular weight excluding hydrogens is 484 g/mol. The van der Waals surface area contributed by atoms with Gasteiger partial charge in [0.15, 0.2) is 6.04 Å². The van der Waals surface area contributed by atoms with Gasteiger partial charge in [-0.25, -0.2) is 4.79 Å². The Balaban J connectivity index is 2.13. The van der Waals surface area contributed by atoms with Crippen molar-refractivity contribution in [3.63, 3.8) is 0 Å². The monoisotopic (exact) mass is 508 g/mol. The lowest BCUT2D eigenvalue weighted by atomic mass is 10.00. The predicted molar refractivity (Wildman–Crippen MR) is 133 cm³/mol. The lowest BCUT2D eigenvalue weighted by molar-refractivity contribution is -0.385. The topological polar surface area (TPSA) is 81.8 Å². The highest BCUT2D eigenvalue weighted by molar-refractivity contribution is 9.10. The minimum atomic E-state index is -0.973. The highest BCUT2D eigenvalue weighted by Crippen LogP contribution is 2.26. The molecule has 33 heavy (non-hydrogen) atoms. The largest absolute Gasteiger partial charge is 0.458 e. The molecule has 0 aliphatic carbocycles. The SMILES string of the molecule is CC(C)(C)OC(=O)C(Cc1ccc(Br)cc1[N+](=O)[O-])N=C(c1ccccc1)c1ccccc1.